The normalized spacial score (nSPS) is 11.5. The van der Waals surface area contributed by atoms with Gasteiger partial charge in [0.2, 0.25) is 0 Å². The van der Waals surface area contributed by atoms with Gasteiger partial charge in [-0.1, -0.05) is 6.07 Å². The van der Waals surface area contributed by atoms with Crippen molar-refractivity contribution in [2.75, 3.05) is 12.4 Å². The molecule has 0 aliphatic rings. The van der Waals surface area contributed by atoms with Crippen LogP contribution < -0.4 is 10.1 Å². The molecule has 0 spiro atoms. The average molecular weight is 331 g/mol. The van der Waals surface area contributed by atoms with Crippen LogP contribution in [0.1, 0.15) is 22.8 Å². The van der Waals surface area contributed by atoms with Crippen molar-refractivity contribution in [1.82, 2.24) is 0 Å². The van der Waals surface area contributed by atoms with E-state index < -0.39 is 12.1 Å². The summed E-state index contributed by atoms with van der Waals surface area (Å²) < 4.78 is 23.0. The molecular formula is C18H18FNO4. The number of rotatable bonds is 5. The third kappa shape index (κ3) is 4.32. The van der Waals surface area contributed by atoms with E-state index in [1.807, 2.05) is 6.92 Å². The molecule has 2 aromatic rings. The van der Waals surface area contributed by atoms with E-state index in [0.29, 0.717) is 17.0 Å². The minimum absolute atomic E-state index is 0.338. The molecule has 2 rings (SSSR count). The van der Waals surface area contributed by atoms with Gasteiger partial charge in [0.1, 0.15) is 11.6 Å². The molecule has 2 aromatic carbocycles. The van der Waals surface area contributed by atoms with Gasteiger partial charge in [-0.3, -0.25) is 4.79 Å². The molecule has 24 heavy (non-hydrogen) atoms. The Morgan fingerprint density at radius 3 is 2.42 bits per heavy atom. The molecule has 0 unspecified atom stereocenters. The summed E-state index contributed by atoms with van der Waals surface area (Å²) >= 11 is 0. The first kappa shape index (κ1) is 17.5. The summed E-state index contributed by atoms with van der Waals surface area (Å²) in [5.41, 5.74) is 1.63. The predicted molar refractivity (Wildman–Crippen MR) is 87.6 cm³/mol. The predicted octanol–water partition coefficient (Wildman–Crippen LogP) is 3.33. The van der Waals surface area contributed by atoms with Crippen molar-refractivity contribution in [3.63, 3.8) is 0 Å². The first-order valence-electron chi connectivity index (χ1n) is 7.32. The lowest BCUT2D eigenvalue weighted by atomic mass is 10.1. The number of carbonyl (C=O) groups excluding carboxylic acids is 2. The number of anilines is 1. The van der Waals surface area contributed by atoms with Gasteiger partial charge >= 0.3 is 5.97 Å². The zero-order valence-electron chi connectivity index (χ0n) is 13.6. The molecule has 0 saturated carbocycles. The third-order valence-corrected chi connectivity index (χ3v) is 3.41. The van der Waals surface area contributed by atoms with Crippen LogP contribution in [-0.4, -0.2) is 25.1 Å². The van der Waals surface area contributed by atoms with Crippen molar-refractivity contribution < 1.29 is 23.5 Å². The first-order valence-corrected chi connectivity index (χ1v) is 7.32. The highest BCUT2D eigenvalue weighted by Gasteiger charge is 2.17. The van der Waals surface area contributed by atoms with E-state index in [-0.39, 0.29) is 11.7 Å². The van der Waals surface area contributed by atoms with E-state index in [0.717, 1.165) is 5.56 Å². The highest BCUT2D eigenvalue weighted by molar-refractivity contribution is 5.97. The summed E-state index contributed by atoms with van der Waals surface area (Å²) in [5, 5.41) is 2.72. The van der Waals surface area contributed by atoms with Gasteiger partial charge in [0.25, 0.3) is 5.91 Å². The lowest BCUT2D eigenvalue weighted by Crippen LogP contribution is -2.30. The molecule has 1 N–H and O–H groups in total. The van der Waals surface area contributed by atoms with Gasteiger partial charge < -0.3 is 14.8 Å². The van der Waals surface area contributed by atoms with Gasteiger partial charge in [-0.05, 0) is 55.8 Å². The summed E-state index contributed by atoms with van der Waals surface area (Å²) in [4.78, 5) is 23.8. The number of nitrogens with one attached hydrogen (secondary N) is 1. The highest BCUT2D eigenvalue weighted by Crippen LogP contribution is 2.19. The number of halogens is 1. The summed E-state index contributed by atoms with van der Waals surface area (Å²) in [6.07, 6.45) is -0.795. The Balaban J connectivity index is 2.08. The minimum Gasteiger partial charge on any atom is -0.481 e. The van der Waals surface area contributed by atoms with Crippen LogP contribution in [0.4, 0.5) is 10.1 Å². The van der Waals surface area contributed by atoms with Crippen LogP contribution in [-0.2, 0) is 9.53 Å². The van der Waals surface area contributed by atoms with Crippen LogP contribution in [0, 0.1) is 12.7 Å². The van der Waals surface area contributed by atoms with E-state index in [2.05, 4.69) is 10.1 Å². The Hall–Kier alpha value is -2.89. The van der Waals surface area contributed by atoms with Crippen molar-refractivity contribution >= 4 is 17.6 Å². The van der Waals surface area contributed by atoms with Gasteiger partial charge in [-0.25, -0.2) is 9.18 Å². The molecule has 126 valence electrons. The quantitative estimate of drug-likeness (QED) is 0.854. The first-order chi connectivity index (χ1) is 11.4. The number of methoxy groups -OCH3 is 1. The molecule has 1 amide bonds. The Kier molecular flexibility index (Phi) is 5.52. The zero-order valence-corrected chi connectivity index (χ0v) is 13.6. The molecule has 0 aromatic heterocycles. The third-order valence-electron chi connectivity index (χ3n) is 3.41. The summed E-state index contributed by atoms with van der Waals surface area (Å²) in [6.45, 7) is 3.39. The highest BCUT2D eigenvalue weighted by atomic mass is 19.1. The number of amides is 1. The Morgan fingerprint density at radius 1 is 1.12 bits per heavy atom. The van der Waals surface area contributed by atoms with Crippen molar-refractivity contribution in [2.45, 2.75) is 20.0 Å². The maximum Gasteiger partial charge on any atom is 0.337 e. The van der Waals surface area contributed by atoms with Gasteiger partial charge in [0.05, 0.1) is 12.7 Å². The number of hydrogen-bond donors (Lipinski definition) is 1. The molecule has 0 bridgehead atoms. The van der Waals surface area contributed by atoms with Crippen molar-refractivity contribution in [3.05, 3.63) is 59.4 Å². The molecule has 0 radical (unpaired) electrons. The zero-order chi connectivity index (χ0) is 17.7. The topological polar surface area (TPSA) is 64.6 Å². The fraction of sp³-hybridized carbons (Fsp3) is 0.222. The second-order valence-electron chi connectivity index (χ2n) is 5.22. The Labute approximate surface area is 139 Å². The van der Waals surface area contributed by atoms with E-state index in [1.54, 1.807) is 25.1 Å². The number of ether oxygens (including phenoxy) is 2. The van der Waals surface area contributed by atoms with E-state index >= 15 is 0 Å². The molecule has 0 heterocycles. The molecule has 5 nitrogen and oxygen atoms in total. The summed E-state index contributed by atoms with van der Waals surface area (Å²) in [6, 6.07) is 10.3. The number of aryl methyl sites for hydroxylation is 1. The number of hydrogen-bond acceptors (Lipinski definition) is 4. The number of benzene rings is 2. The molecule has 6 heteroatoms. The second-order valence-corrected chi connectivity index (χ2v) is 5.22. The molecular weight excluding hydrogens is 313 g/mol. The second kappa shape index (κ2) is 7.59. The standard InChI is InChI=1S/C18H18FNO4/c1-11-4-5-13(18(22)23-3)10-16(11)20-17(21)12(2)24-15-8-6-14(19)7-9-15/h4-10,12H,1-3H3,(H,20,21)/t12-/m0/s1. The largest absolute Gasteiger partial charge is 0.481 e. The Bertz CT molecular complexity index is 743. The fourth-order valence-corrected chi connectivity index (χ4v) is 2.01. The monoisotopic (exact) mass is 331 g/mol. The molecule has 0 fully saturated rings. The average Bonchev–Trinajstić information content (AvgIpc) is 2.58. The summed E-state index contributed by atoms with van der Waals surface area (Å²) in [7, 11) is 1.29. The molecule has 0 aliphatic carbocycles. The van der Waals surface area contributed by atoms with Gasteiger partial charge in [-0.15, -0.1) is 0 Å². The maximum absolute atomic E-state index is 12.9. The number of esters is 1. The van der Waals surface area contributed by atoms with E-state index in [1.165, 1.54) is 31.4 Å². The van der Waals surface area contributed by atoms with Crippen molar-refractivity contribution in [1.29, 1.82) is 0 Å². The molecule has 0 aliphatic heterocycles. The van der Waals surface area contributed by atoms with E-state index in [9.17, 15) is 14.0 Å². The molecule has 0 saturated heterocycles. The lowest BCUT2D eigenvalue weighted by molar-refractivity contribution is -0.122. The van der Waals surface area contributed by atoms with Crippen LogP contribution >= 0.6 is 0 Å². The van der Waals surface area contributed by atoms with Crippen LogP contribution in [0.2, 0.25) is 0 Å². The van der Waals surface area contributed by atoms with Crippen LogP contribution in [0.25, 0.3) is 0 Å². The van der Waals surface area contributed by atoms with Crippen LogP contribution in [0.15, 0.2) is 42.5 Å². The fourth-order valence-electron chi connectivity index (χ4n) is 2.01. The SMILES string of the molecule is COC(=O)c1ccc(C)c(NC(=O)[C@H](C)Oc2ccc(F)cc2)c1. The Morgan fingerprint density at radius 2 is 1.79 bits per heavy atom. The smallest absolute Gasteiger partial charge is 0.337 e. The van der Waals surface area contributed by atoms with Crippen LogP contribution in [0.5, 0.6) is 5.75 Å². The number of carbonyl (C=O) groups is 2. The van der Waals surface area contributed by atoms with Crippen LogP contribution in [0.3, 0.4) is 0 Å². The van der Waals surface area contributed by atoms with Crippen molar-refractivity contribution in [2.24, 2.45) is 0 Å². The van der Waals surface area contributed by atoms with Gasteiger partial charge in [-0.2, -0.15) is 0 Å². The lowest BCUT2D eigenvalue weighted by Gasteiger charge is -2.16. The minimum atomic E-state index is -0.795. The molecule has 1 atom stereocenters. The van der Waals surface area contributed by atoms with Gasteiger partial charge in [0.15, 0.2) is 6.10 Å². The maximum atomic E-state index is 12.9. The van der Waals surface area contributed by atoms with Crippen molar-refractivity contribution in [3.8, 4) is 5.75 Å². The van der Waals surface area contributed by atoms with Gasteiger partial charge in [0, 0.05) is 5.69 Å². The van der Waals surface area contributed by atoms with E-state index in [4.69, 9.17) is 4.74 Å². The summed E-state index contributed by atoms with van der Waals surface area (Å²) in [5.74, 6) is -0.862.